The molecule has 1 N–H and O–H groups in total. The van der Waals surface area contributed by atoms with Crippen molar-refractivity contribution in [3.8, 4) is 5.75 Å². The van der Waals surface area contributed by atoms with Crippen LogP contribution in [0, 0.1) is 0 Å². The normalized spacial score (nSPS) is 20.1. The Bertz CT molecular complexity index is 984. The Kier molecular flexibility index (Phi) is 4.61. The molecule has 0 saturated carbocycles. The molecule has 7 nitrogen and oxygen atoms in total. The first-order valence-corrected chi connectivity index (χ1v) is 10.8. The number of pyridine rings is 1. The molecule has 0 aliphatic carbocycles. The Balaban J connectivity index is 1.61. The van der Waals surface area contributed by atoms with Crippen LogP contribution < -0.4 is 15.0 Å². The Hall–Kier alpha value is -2.45. The summed E-state index contributed by atoms with van der Waals surface area (Å²) in [6.45, 7) is 3.69. The largest absolute Gasteiger partial charge is 0.426 e. The van der Waals surface area contributed by atoms with E-state index in [1.165, 1.54) is 6.07 Å². The van der Waals surface area contributed by atoms with Gasteiger partial charge in [-0.15, -0.1) is 0 Å². The molecule has 2 aliphatic rings. The highest BCUT2D eigenvalue weighted by atomic mass is 32.2. The van der Waals surface area contributed by atoms with Crippen molar-refractivity contribution in [1.82, 2.24) is 10.3 Å². The number of hydrogen-bond donors (Lipinski definition) is 1. The molecule has 0 spiro atoms. The molecule has 1 fully saturated rings. The zero-order valence-electron chi connectivity index (χ0n) is 15.0. The van der Waals surface area contributed by atoms with Crippen molar-refractivity contribution < 1.29 is 17.9 Å². The quantitative estimate of drug-likeness (QED) is 0.624. The highest BCUT2D eigenvalue weighted by molar-refractivity contribution is 7.90. The summed E-state index contributed by atoms with van der Waals surface area (Å²) < 4.78 is 29.1. The molecule has 27 heavy (non-hydrogen) atoms. The first-order valence-electron chi connectivity index (χ1n) is 8.89. The topological polar surface area (TPSA) is 88.6 Å². The molecule has 2 aliphatic heterocycles. The maximum atomic E-state index is 12.6. The smallest absolute Gasteiger partial charge is 0.320 e. The molecule has 1 unspecified atom stereocenters. The zero-order valence-corrected chi connectivity index (χ0v) is 15.8. The second-order valence-electron chi connectivity index (χ2n) is 6.88. The fraction of sp³-hybridized carbons (Fsp3) is 0.368. The predicted octanol–water partition coefficient (Wildman–Crippen LogP) is 1.14. The Morgan fingerprint density at radius 3 is 2.70 bits per heavy atom. The van der Waals surface area contributed by atoms with Crippen molar-refractivity contribution in [2.45, 2.75) is 17.4 Å². The third-order valence-corrected chi connectivity index (χ3v) is 5.92. The van der Waals surface area contributed by atoms with Gasteiger partial charge in [0.1, 0.15) is 11.7 Å². The van der Waals surface area contributed by atoms with Crippen molar-refractivity contribution >= 4 is 21.5 Å². The number of benzene rings is 1. The number of piperazine rings is 1. The Morgan fingerprint density at radius 2 is 1.96 bits per heavy atom. The summed E-state index contributed by atoms with van der Waals surface area (Å²) in [5, 5.41) is 3.28. The molecule has 0 bridgehead atoms. The molecule has 1 aromatic carbocycles. The fourth-order valence-corrected chi connectivity index (χ4v) is 4.06. The van der Waals surface area contributed by atoms with Gasteiger partial charge in [0.15, 0.2) is 14.9 Å². The van der Waals surface area contributed by atoms with Crippen molar-refractivity contribution in [1.29, 1.82) is 0 Å². The van der Waals surface area contributed by atoms with E-state index >= 15 is 0 Å². The number of nitrogens with one attached hydrogen (secondary N) is 1. The fourth-order valence-electron chi connectivity index (χ4n) is 3.47. The highest BCUT2D eigenvalue weighted by Gasteiger charge is 2.32. The lowest BCUT2D eigenvalue weighted by atomic mass is 9.92. The van der Waals surface area contributed by atoms with E-state index in [9.17, 15) is 13.2 Å². The van der Waals surface area contributed by atoms with Gasteiger partial charge >= 0.3 is 5.97 Å². The van der Waals surface area contributed by atoms with Crippen molar-refractivity contribution in [3.63, 3.8) is 0 Å². The van der Waals surface area contributed by atoms with Gasteiger partial charge in [0, 0.05) is 44.2 Å². The second kappa shape index (κ2) is 6.94. The van der Waals surface area contributed by atoms with Gasteiger partial charge in [-0.25, -0.2) is 13.4 Å². The lowest BCUT2D eigenvalue weighted by molar-refractivity contribution is -0.137. The number of anilines is 1. The van der Waals surface area contributed by atoms with Gasteiger partial charge in [0.25, 0.3) is 0 Å². The van der Waals surface area contributed by atoms with Crippen LogP contribution >= 0.6 is 0 Å². The molecule has 4 rings (SSSR count). The SMILES string of the molecule is CS(=O)(=O)c1cccc(C2Cc3ccc(N4CCNCC4)cc3OC2=O)n1. The minimum absolute atomic E-state index is 0.0346. The number of aromatic nitrogens is 1. The van der Waals surface area contributed by atoms with E-state index < -0.39 is 21.7 Å². The first-order chi connectivity index (χ1) is 12.9. The van der Waals surface area contributed by atoms with Crippen LogP contribution in [0.1, 0.15) is 17.2 Å². The third kappa shape index (κ3) is 3.68. The van der Waals surface area contributed by atoms with E-state index in [4.69, 9.17) is 4.74 Å². The van der Waals surface area contributed by atoms with Gasteiger partial charge in [0.2, 0.25) is 0 Å². The van der Waals surface area contributed by atoms with Gasteiger partial charge in [0.05, 0.1) is 5.69 Å². The number of fused-ring (bicyclic) bond motifs is 1. The predicted molar refractivity (Wildman–Crippen MR) is 101 cm³/mol. The van der Waals surface area contributed by atoms with Crippen LogP contribution in [0.2, 0.25) is 0 Å². The van der Waals surface area contributed by atoms with Crippen molar-refractivity contribution in [3.05, 3.63) is 47.7 Å². The molecule has 0 amide bonds. The lowest BCUT2D eigenvalue weighted by Crippen LogP contribution is -2.43. The standard InChI is InChI=1S/C19H21N3O4S/c1-27(24,25)18-4-2-3-16(21-18)15-11-13-5-6-14(12-17(13)26-19(15)23)22-9-7-20-8-10-22/h2-6,12,15,20H,7-11H2,1H3. The summed E-state index contributed by atoms with van der Waals surface area (Å²) in [6, 6.07) is 10.6. The van der Waals surface area contributed by atoms with Gasteiger partial charge in [-0.3, -0.25) is 4.79 Å². The minimum Gasteiger partial charge on any atom is -0.426 e. The monoisotopic (exact) mass is 387 g/mol. The molecular formula is C19H21N3O4S. The van der Waals surface area contributed by atoms with Crippen LogP contribution in [0.15, 0.2) is 41.4 Å². The minimum atomic E-state index is -3.43. The molecule has 3 heterocycles. The molecule has 2 aromatic rings. The summed E-state index contributed by atoms with van der Waals surface area (Å²) in [7, 11) is -3.43. The van der Waals surface area contributed by atoms with Crippen LogP contribution in [0.3, 0.4) is 0 Å². The molecule has 8 heteroatoms. The summed E-state index contributed by atoms with van der Waals surface area (Å²) >= 11 is 0. The first kappa shape index (κ1) is 17.9. The molecule has 1 atom stereocenters. The van der Waals surface area contributed by atoms with Crippen LogP contribution in [-0.2, 0) is 21.1 Å². The van der Waals surface area contributed by atoms with Crippen LogP contribution in [0.5, 0.6) is 5.75 Å². The molecular weight excluding hydrogens is 366 g/mol. The number of ether oxygens (including phenoxy) is 1. The number of rotatable bonds is 3. The maximum Gasteiger partial charge on any atom is 0.320 e. The number of esters is 1. The van der Waals surface area contributed by atoms with Gasteiger partial charge in [-0.2, -0.15) is 0 Å². The zero-order chi connectivity index (χ0) is 19.0. The van der Waals surface area contributed by atoms with Crippen molar-refractivity contribution in [2.75, 3.05) is 37.3 Å². The molecule has 142 valence electrons. The van der Waals surface area contributed by atoms with E-state index in [0.717, 1.165) is 43.7 Å². The molecule has 1 aromatic heterocycles. The summed E-state index contributed by atoms with van der Waals surface area (Å²) in [5.41, 5.74) is 2.38. The third-order valence-electron chi connectivity index (χ3n) is 4.93. The lowest BCUT2D eigenvalue weighted by Gasteiger charge is -2.31. The number of carbonyl (C=O) groups excluding carboxylic acids is 1. The van der Waals surface area contributed by atoms with E-state index in [0.29, 0.717) is 17.9 Å². The van der Waals surface area contributed by atoms with E-state index in [1.54, 1.807) is 12.1 Å². The summed E-state index contributed by atoms with van der Waals surface area (Å²) in [4.78, 5) is 19.0. The van der Waals surface area contributed by atoms with E-state index in [2.05, 4.69) is 15.2 Å². The number of sulfone groups is 1. The van der Waals surface area contributed by atoms with Crippen LogP contribution in [-0.4, -0.2) is 51.8 Å². The number of hydrogen-bond acceptors (Lipinski definition) is 7. The van der Waals surface area contributed by atoms with Gasteiger partial charge in [-0.05, 0) is 30.2 Å². The second-order valence-corrected chi connectivity index (χ2v) is 8.84. The Labute approximate surface area is 158 Å². The summed E-state index contributed by atoms with van der Waals surface area (Å²) in [5.74, 6) is -0.436. The van der Waals surface area contributed by atoms with Gasteiger partial charge in [-0.1, -0.05) is 12.1 Å². The van der Waals surface area contributed by atoms with E-state index in [1.807, 2.05) is 18.2 Å². The van der Waals surface area contributed by atoms with Gasteiger partial charge < -0.3 is 15.0 Å². The van der Waals surface area contributed by atoms with Crippen LogP contribution in [0.4, 0.5) is 5.69 Å². The summed E-state index contributed by atoms with van der Waals surface area (Å²) in [6.07, 6.45) is 1.54. The van der Waals surface area contributed by atoms with Crippen LogP contribution in [0.25, 0.3) is 0 Å². The maximum absolute atomic E-state index is 12.6. The molecule has 0 radical (unpaired) electrons. The average Bonchev–Trinajstić information content (AvgIpc) is 2.67. The average molecular weight is 387 g/mol. The molecule has 1 saturated heterocycles. The van der Waals surface area contributed by atoms with E-state index in [-0.39, 0.29) is 5.03 Å². The highest BCUT2D eigenvalue weighted by Crippen LogP contribution is 2.35. The number of carbonyl (C=O) groups is 1. The Morgan fingerprint density at radius 1 is 1.19 bits per heavy atom. The number of nitrogens with zero attached hydrogens (tertiary/aromatic N) is 2. The van der Waals surface area contributed by atoms with Crippen molar-refractivity contribution in [2.24, 2.45) is 0 Å².